The molecule has 3 nitrogen and oxygen atoms in total. The number of amides is 1. The van der Waals surface area contributed by atoms with Crippen LogP contribution < -0.4 is 0 Å². The number of hydrogen-bond donors (Lipinski definition) is 1. The Hall–Kier alpha value is -1.77. The van der Waals surface area contributed by atoms with Crippen LogP contribution in [-0.4, -0.2) is 22.5 Å². The molecule has 0 spiro atoms. The third kappa shape index (κ3) is 2.01. The molecule has 1 aliphatic heterocycles. The maximum absolute atomic E-state index is 11.4. The van der Waals surface area contributed by atoms with Crippen molar-refractivity contribution in [1.82, 2.24) is 4.90 Å². The second-order valence-electron chi connectivity index (χ2n) is 3.76. The van der Waals surface area contributed by atoms with Gasteiger partial charge in [-0.15, -0.1) is 0 Å². The number of benzene rings is 1. The molecular weight excluding hydrogens is 190 g/mol. The highest BCUT2D eigenvalue weighted by Gasteiger charge is 2.22. The lowest BCUT2D eigenvalue weighted by atomic mass is 10.1. The normalized spacial score (nSPS) is 15.7. The van der Waals surface area contributed by atoms with Gasteiger partial charge in [-0.05, 0) is 18.6 Å². The Morgan fingerprint density at radius 3 is 2.53 bits per heavy atom. The second kappa shape index (κ2) is 3.77. The Labute approximate surface area is 88.6 Å². The molecule has 0 aliphatic carbocycles. The number of aliphatic hydroxyl groups is 1. The van der Waals surface area contributed by atoms with E-state index >= 15 is 0 Å². The molecule has 0 atom stereocenters. The minimum Gasteiger partial charge on any atom is -0.503 e. The maximum atomic E-state index is 11.4. The van der Waals surface area contributed by atoms with E-state index < -0.39 is 0 Å². The van der Waals surface area contributed by atoms with Gasteiger partial charge in [0, 0.05) is 13.1 Å². The van der Waals surface area contributed by atoms with Gasteiger partial charge in [0.15, 0.2) is 5.76 Å². The minimum atomic E-state index is -0.282. The summed E-state index contributed by atoms with van der Waals surface area (Å²) in [4.78, 5) is 13.0. The molecule has 3 heteroatoms. The molecule has 0 fully saturated rings. The van der Waals surface area contributed by atoms with Crippen LogP contribution in [0.25, 0.3) is 0 Å². The molecule has 0 saturated heterocycles. The molecule has 1 aromatic carbocycles. The number of rotatable bonds is 2. The van der Waals surface area contributed by atoms with Crippen LogP contribution in [0.2, 0.25) is 0 Å². The van der Waals surface area contributed by atoms with E-state index in [9.17, 15) is 4.79 Å². The second-order valence-corrected chi connectivity index (χ2v) is 3.76. The number of aliphatic hydroxyl groups excluding tert-OH is 1. The molecule has 0 unspecified atom stereocenters. The highest BCUT2D eigenvalue weighted by molar-refractivity contribution is 5.93. The number of carbonyl (C=O) groups is 1. The molecule has 0 aromatic heterocycles. The monoisotopic (exact) mass is 203 g/mol. The summed E-state index contributed by atoms with van der Waals surface area (Å²) in [7, 11) is 0. The van der Waals surface area contributed by atoms with Crippen molar-refractivity contribution in [1.29, 1.82) is 0 Å². The first-order valence-corrected chi connectivity index (χ1v) is 4.91. The van der Waals surface area contributed by atoms with Crippen LogP contribution in [0.3, 0.4) is 0 Å². The van der Waals surface area contributed by atoms with Crippen molar-refractivity contribution in [2.24, 2.45) is 0 Å². The molecule has 1 aliphatic rings. The Morgan fingerprint density at radius 1 is 1.33 bits per heavy atom. The van der Waals surface area contributed by atoms with Crippen LogP contribution in [-0.2, 0) is 11.3 Å². The molecule has 1 amide bonds. The fourth-order valence-corrected chi connectivity index (χ4v) is 1.58. The van der Waals surface area contributed by atoms with E-state index in [4.69, 9.17) is 5.11 Å². The van der Waals surface area contributed by atoms with Crippen molar-refractivity contribution < 1.29 is 9.90 Å². The van der Waals surface area contributed by atoms with Gasteiger partial charge >= 0.3 is 0 Å². The number of carbonyl (C=O) groups excluding carboxylic acids is 1. The van der Waals surface area contributed by atoms with E-state index in [1.54, 1.807) is 4.90 Å². The van der Waals surface area contributed by atoms with E-state index in [1.807, 2.05) is 31.2 Å². The zero-order chi connectivity index (χ0) is 10.8. The van der Waals surface area contributed by atoms with Crippen LogP contribution in [0.1, 0.15) is 11.1 Å². The zero-order valence-electron chi connectivity index (χ0n) is 8.60. The molecule has 1 heterocycles. The highest BCUT2D eigenvalue weighted by atomic mass is 16.3. The minimum absolute atomic E-state index is 0.137. The molecule has 0 bridgehead atoms. The van der Waals surface area contributed by atoms with Gasteiger partial charge in [-0.1, -0.05) is 29.8 Å². The van der Waals surface area contributed by atoms with Gasteiger partial charge in [0.25, 0.3) is 5.91 Å². The average Bonchev–Trinajstić information content (AvgIpc) is 2.53. The molecule has 0 radical (unpaired) electrons. The van der Waals surface area contributed by atoms with Crippen molar-refractivity contribution in [3.63, 3.8) is 0 Å². The molecule has 1 aromatic rings. The standard InChI is InChI=1S/C12H13NO2/c1-9-2-4-10(5-3-9)8-13-7-6-11(14)12(13)15/h2-6,14H,7-8H2,1H3. The van der Waals surface area contributed by atoms with Crippen molar-refractivity contribution >= 4 is 5.91 Å². The molecule has 2 rings (SSSR count). The third-order valence-corrected chi connectivity index (χ3v) is 2.51. The summed E-state index contributed by atoms with van der Waals surface area (Å²) in [5.41, 5.74) is 2.28. The van der Waals surface area contributed by atoms with E-state index in [1.165, 1.54) is 11.6 Å². The Kier molecular flexibility index (Phi) is 2.46. The summed E-state index contributed by atoms with van der Waals surface area (Å²) in [5.74, 6) is -0.419. The van der Waals surface area contributed by atoms with Gasteiger partial charge in [-0.25, -0.2) is 0 Å². The van der Waals surface area contributed by atoms with Gasteiger partial charge < -0.3 is 10.0 Å². The highest BCUT2D eigenvalue weighted by Crippen LogP contribution is 2.13. The lowest BCUT2D eigenvalue weighted by Crippen LogP contribution is -2.26. The van der Waals surface area contributed by atoms with Crippen molar-refractivity contribution in [2.45, 2.75) is 13.5 Å². The fraction of sp³-hybridized carbons (Fsp3) is 0.250. The molecule has 1 N–H and O–H groups in total. The Balaban J connectivity index is 2.05. The fourth-order valence-electron chi connectivity index (χ4n) is 1.58. The van der Waals surface area contributed by atoms with E-state index in [0.717, 1.165) is 5.56 Å². The van der Waals surface area contributed by atoms with Crippen molar-refractivity contribution in [3.05, 3.63) is 47.2 Å². The average molecular weight is 203 g/mol. The molecule has 78 valence electrons. The van der Waals surface area contributed by atoms with Crippen LogP contribution in [0.15, 0.2) is 36.1 Å². The Morgan fingerprint density at radius 2 is 2.00 bits per heavy atom. The van der Waals surface area contributed by atoms with Gasteiger partial charge in [0.2, 0.25) is 0 Å². The molecule has 0 saturated carbocycles. The number of hydrogen-bond acceptors (Lipinski definition) is 2. The summed E-state index contributed by atoms with van der Waals surface area (Å²) in [6.45, 7) is 3.08. The lowest BCUT2D eigenvalue weighted by Gasteiger charge is -2.15. The predicted octanol–water partition coefficient (Wildman–Crippen LogP) is 1.78. The zero-order valence-corrected chi connectivity index (χ0v) is 8.60. The van der Waals surface area contributed by atoms with Crippen LogP contribution in [0, 0.1) is 6.92 Å². The van der Waals surface area contributed by atoms with E-state index in [2.05, 4.69) is 0 Å². The third-order valence-electron chi connectivity index (χ3n) is 2.51. The smallest absolute Gasteiger partial charge is 0.288 e. The summed E-state index contributed by atoms with van der Waals surface area (Å²) in [6, 6.07) is 8.03. The largest absolute Gasteiger partial charge is 0.503 e. The molecule has 15 heavy (non-hydrogen) atoms. The number of nitrogens with zero attached hydrogens (tertiary/aromatic N) is 1. The predicted molar refractivity (Wildman–Crippen MR) is 57.3 cm³/mol. The van der Waals surface area contributed by atoms with Crippen LogP contribution in [0.5, 0.6) is 0 Å². The Bertz CT molecular complexity index is 406. The van der Waals surface area contributed by atoms with Gasteiger partial charge in [-0.3, -0.25) is 4.79 Å². The van der Waals surface area contributed by atoms with Gasteiger partial charge in [-0.2, -0.15) is 0 Å². The summed E-state index contributed by atoms with van der Waals surface area (Å²) in [5, 5.41) is 9.16. The molecular formula is C12H13NO2. The van der Waals surface area contributed by atoms with E-state index in [0.29, 0.717) is 13.1 Å². The first-order chi connectivity index (χ1) is 7.16. The first kappa shape index (κ1) is 9.77. The van der Waals surface area contributed by atoms with E-state index in [-0.39, 0.29) is 11.7 Å². The van der Waals surface area contributed by atoms with Crippen molar-refractivity contribution in [2.75, 3.05) is 6.54 Å². The summed E-state index contributed by atoms with van der Waals surface area (Å²) in [6.07, 6.45) is 1.54. The SMILES string of the molecule is Cc1ccc(CN2CC=C(O)C2=O)cc1. The topological polar surface area (TPSA) is 40.5 Å². The first-order valence-electron chi connectivity index (χ1n) is 4.91. The van der Waals surface area contributed by atoms with Gasteiger partial charge in [0.1, 0.15) is 0 Å². The van der Waals surface area contributed by atoms with Crippen LogP contribution in [0.4, 0.5) is 0 Å². The number of aryl methyl sites for hydroxylation is 1. The van der Waals surface area contributed by atoms with Crippen molar-refractivity contribution in [3.8, 4) is 0 Å². The maximum Gasteiger partial charge on any atom is 0.288 e. The summed E-state index contributed by atoms with van der Waals surface area (Å²) < 4.78 is 0. The quantitative estimate of drug-likeness (QED) is 0.795. The summed E-state index contributed by atoms with van der Waals surface area (Å²) >= 11 is 0. The lowest BCUT2D eigenvalue weighted by molar-refractivity contribution is -0.128. The van der Waals surface area contributed by atoms with Crippen LogP contribution >= 0.6 is 0 Å². The van der Waals surface area contributed by atoms with Gasteiger partial charge in [0.05, 0.1) is 0 Å².